The van der Waals surface area contributed by atoms with Crippen molar-refractivity contribution >= 4 is 23.1 Å². The van der Waals surface area contributed by atoms with Crippen LogP contribution in [0, 0.1) is 19.7 Å². The standard InChI is InChI=1S/C27H23FN2O4/c1-16-3-6-19(13-17(16)2)24-25(29-21-9-10-22-23(14-21)34-15-33-22)27(32)30(26(24)31)12-11-18-4-7-20(28)8-5-18/h3-10,13-14,29H,11-12,15H2,1-2H3. The van der Waals surface area contributed by atoms with E-state index in [4.69, 9.17) is 9.47 Å². The highest BCUT2D eigenvalue weighted by Gasteiger charge is 2.39. The largest absolute Gasteiger partial charge is 0.454 e. The molecule has 1 N–H and O–H groups in total. The Bertz CT molecular complexity index is 1330. The van der Waals surface area contributed by atoms with Crippen LogP contribution in [-0.2, 0) is 16.0 Å². The molecule has 0 fully saturated rings. The molecule has 0 atom stereocenters. The maximum absolute atomic E-state index is 13.5. The minimum Gasteiger partial charge on any atom is -0.454 e. The van der Waals surface area contributed by atoms with Crippen molar-refractivity contribution in [3.05, 3.63) is 94.4 Å². The molecule has 2 aliphatic heterocycles. The van der Waals surface area contributed by atoms with Crippen LogP contribution >= 0.6 is 0 Å². The fraction of sp³-hybridized carbons (Fsp3) is 0.185. The maximum Gasteiger partial charge on any atom is 0.278 e. The second kappa shape index (κ2) is 8.67. The average Bonchev–Trinajstić information content (AvgIpc) is 3.38. The Morgan fingerprint density at radius 2 is 1.65 bits per heavy atom. The van der Waals surface area contributed by atoms with Crippen molar-refractivity contribution < 1.29 is 23.5 Å². The van der Waals surface area contributed by atoms with Crippen LogP contribution in [0.4, 0.5) is 10.1 Å². The monoisotopic (exact) mass is 458 g/mol. The molecule has 0 bridgehead atoms. The smallest absolute Gasteiger partial charge is 0.278 e. The van der Waals surface area contributed by atoms with Gasteiger partial charge in [-0.2, -0.15) is 0 Å². The van der Waals surface area contributed by atoms with Gasteiger partial charge >= 0.3 is 0 Å². The fourth-order valence-electron chi connectivity index (χ4n) is 4.07. The lowest BCUT2D eigenvalue weighted by Crippen LogP contribution is -2.34. The molecule has 2 aliphatic rings. The Labute approximate surface area is 196 Å². The van der Waals surface area contributed by atoms with Gasteiger partial charge in [0.1, 0.15) is 11.5 Å². The summed E-state index contributed by atoms with van der Waals surface area (Å²) in [7, 11) is 0. The number of nitrogens with one attached hydrogen (secondary N) is 1. The lowest BCUT2D eigenvalue weighted by Gasteiger charge is -2.15. The van der Waals surface area contributed by atoms with E-state index in [0.717, 1.165) is 16.7 Å². The first kappa shape index (κ1) is 21.7. The Kier molecular flexibility index (Phi) is 5.53. The van der Waals surface area contributed by atoms with E-state index in [0.29, 0.717) is 34.7 Å². The molecule has 172 valence electrons. The van der Waals surface area contributed by atoms with E-state index in [1.807, 2.05) is 32.0 Å². The lowest BCUT2D eigenvalue weighted by molar-refractivity contribution is -0.136. The number of halogens is 1. The summed E-state index contributed by atoms with van der Waals surface area (Å²) in [4.78, 5) is 28.2. The van der Waals surface area contributed by atoms with E-state index >= 15 is 0 Å². The summed E-state index contributed by atoms with van der Waals surface area (Å²) in [6, 6.07) is 17.0. The molecule has 0 saturated carbocycles. The van der Waals surface area contributed by atoms with Gasteiger partial charge in [-0.25, -0.2) is 4.39 Å². The topological polar surface area (TPSA) is 67.9 Å². The first-order chi connectivity index (χ1) is 16.4. The number of anilines is 1. The number of carbonyl (C=O) groups excluding carboxylic acids is 2. The molecule has 2 heterocycles. The Morgan fingerprint density at radius 1 is 0.882 bits per heavy atom. The Morgan fingerprint density at radius 3 is 2.41 bits per heavy atom. The van der Waals surface area contributed by atoms with Crippen molar-refractivity contribution in [1.29, 1.82) is 0 Å². The van der Waals surface area contributed by atoms with Gasteiger partial charge in [0, 0.05) is 18.3 Å². The van der Waals surface area contributed by atoms with Crippen molar-refractivity contribution in [2.24, 2.45) is 0 Å². The zero-order valence-electron chi connectivity index (χ0n) is 18.9. The molecular weight excluding hydrogens is 435 g/mol. The summed E-state index contributed by atoms with van der Waals surface area (Å²) in [6.45, 7) is 4.29. The van der Waals surface area contributed by atoms with E-state index < -0.39 is 5.91 Å². The van der Waals surface area contributed by atoms with E-state index in [9.17, 15) is 14.0 Å². The highest BCUT2D eigenvalue weighted by atomic mass is 19.1. The van der Waals surface area contributed by atoms with E-state index in [-0.39, 0.29) is 30.8 Å². The number of aryl methyl sites for hydroxylation is 2. The number of hydrogen-bond donors (Lipinski definition) is 1. The molecule has 0 aliphatic carbocycles. The molecule has 7 heteroatoms. The van der Waals surface area contributed by atoms with Crippen molar-refractivity contribution in [1.82, 2.24) is 4.90 Å². The summed E-state index contributed by atoms with van der Waals surface area (Å²) in [5.74, 6) is 0.106. The third kappa shape index (κ3) is 4.01. The number of ether oxygens (including phenoxy) is 2. The molecule has 3 aromatic carbocycles. The van der Waals surface area contributed by atoms with Crippen molar-refractivity contribution in [2.75, 3.05) is 18.7 Å². The lowest BCUT2D eigenvalue weighted by atomic mass is 9.99. The van der Waals surface area contributed by atoms with E-state index in [1.54, 1.807) is 30.3 Å². The van der Waals surface area contributed by atoms with Gasteiger partial charge in [-0.15, -0.1) is 0 Å². The Hall–Kier alpha value is -4.13. The third-order valence-electron chi connectivity index (χ3n) is 6.14. The first-order valence-corrected chi connectivity index (χ1v) is 11.0. The second-order valence-corrected chi connectivity index (χ2v) is 8.38. The summed E-state index contributed by atoms with van der Waals surface area (Å²) in [5.41, 5.74) is 4.79. The highest BCUT2D eigenvalue weighted by Crippen LogP contribution is 2.36. The van der Waals surface area contributed by atoms with Gasteiger partial charge < -0.3 is 14.8 Å². The van der Waals surface area contributed by atoms with Crippen molar-refractivity contribution in [3.63, 3.8) is 0 Å². The summed E-state index contributed by atoms with van der Waals surface area (Å²) in [6.07, 6.45) is 0.426. The van der Waals surface area contributed by atoms with Gasteiger partial charge in [0.25, 0.3) is 11.8 Å². The minimum atomic E-state index is -0.405. The zero-order chi connectivity index (χ0) is 23.8. The van der Waals surface area contributed by atoms with Gasteiger partial charge in [-0.1, -0.05) is 30.3 Å². The van der Waals surface area contributed by atoms with Gasteiger partial charge in [-0.3, -0.25) is 14.5 Å². The van der Waals surface area contributed by atoms with Gasteiger partial charge in [0.05, 0.1) is 5.57 Å². The number of nitrogens with zero attached hydrogens (tertiary/aromatic N) is 1. The molecular formula is C27H23FN2O4. The number of carbonyl (C=O) groups is 2. The van der Waals surface area contributed by atoms with Crippen LogP contribution in [0.2, 0.25) is 0 Å². The molecule has 2 amide bonds. The summed E-state index contributed by atoms with van der Waals surface area (Å²) in [5, 5.41) is 3.15. The summed E-state index contributed by atoms with van der Waals surface area (Å²) < 4.78 is 24.0. The van der Waals surface area contributed by atoms with Crippen molar-refractivity contribution in [2.45, 2.75) is 20.3 Å². The molecule has 5 rings (SSSR count). The predicted octanol–water partition coefficient (Wildman–Crippen LogP) is 4.61. The number of imide groups is 1. The Balaban J connectivity index is 1.48. The molecule has 34 heavy (non-hydrogen) atoms. The van der Waals surface area contributed by atoms with Crippen LogP contribution < -0.4 is 14.8 Å². The molecule has 0 radical (unpaired) electrons. The average molecular weight is 458 g/mol. The van der Waals surface area contributed by atoms with Crippen LogP contribution in [0.3, 0.4) is 0 Å². The summed E-state index contributed by atoms with van der Waals surface area (Å²) >= 11 is 0. The number of amides is 2. The highest BCUT2D eigenvalue weighted by molar-refractivity contribution is 6.36. The van der Waals surface area contributed by atoms with Gasteiger partial charge in [0.15, 0.2) is 11.5 Å². The minimum absolute atomic E-state index is 0.143. The van der Waals surface area contributed by atoms with Crippen molar-refractivity contribution in [3.8, 4) is 11.5 Å². The molecule has 6 nitrogen and oxygen atoms in total. The van der Waals surface area contributed by atoms with Crippen LogP contribution in [-0.4, -0.2) is 30.1 Å². The number of fused-ring (bicyclic) bond motifs is 1. The first-order valence-electron chi connectivity index (χ1n) is 11.0. The van der Waals surface area contributed by atoms with Crippen LogP contribution in [0.15, 0.2) is 66.4 Å². The van der Waals surface area contributed by atoms with Crippen LogP contribution in [0.1, 0.15) is 22.3 Å². The van der Waals surface area contributed by atoms with E-state index in [1.165, 1.54) is 17.0 Å². The van der Waals surface area contributed by atoms with Gasteiger partial charge in [0.2, 0.25) is 6.79 Å². The maximum atomic E-state index is 13.5. The number of benzene rings is 3. The molecule has 0 aromatic heterocycles. The van der Waals surface area contributed by atoms with Crippen LogP contribution in [0.25, 0.3) is 5.57 Å². The zero-order valence-corrected chi connectivity index (χ0v) is 18.9. The molecule has 0 unspecified atom stereocenters. The number of hydrogen-bond acceptors (Lipinski definition) is 5. The SMILES string of the molecule is Cc1ccc(C2=C(Nc3ccc4c(c3)OCO4)C(=O)N(CCc3ccc(F)cc3)C2=O)cc1C. The fourth-order valence-corrected chi connectivity index (χ4v) is 4.07. The van der Waals surface area contributed by atoms with Gasteiger partial charge in [-0.05, 0) is 66.8 Å². The van der Waals surface area contributed by atoms with Crippen LogP contribution in [0.5, 0.6) is 11.5 Å². The number of rotatable bonds is 6. The molecule has 0 spiro atoms. The third-order valence-corrected chi connectivity index (χ3v) is 6.14. The second-order valence-electron chi connectivity index (χ2n) is 8.38. The molecule has 3 aromatic rings. The quantitative estimate of drug-likeness (QED) is 0.547. The predicted molar refractivity (Wildman–Crippen MR) is 126 cm³/mol. The molecule has 0 saturated heterocycles. The van der Waals surface area contributed by atoms with E-state index in [2.05, 4.69) is 5.32 Å². The normalized spacial score (nSPS) is 14.9.